The standard InChI is InChI=1S/C31H39N5O4S/c1-10-11-12-15-36-25(17-21-13-14-23(32-28(21)36)20(4)34-41(38)31(5,6)7)29-33-24-16-22(30(37)40-19(2)3)18-26(39-9)27(24)35(29)8/h10,13-14,16-19H,1,11-12,15H2,2-9H3. The topological polar surface area (TPSA) is 101 Å². The molecule has 0 aliphatic heterocycles. The van der Waals surface area contributed by atoms with Gasteiger partial charge in [0.15, 0.2) is 5.82 Å². The zero-order valence-electron chi connectivity index (χ0n) is 25.1. The first-order valence-electron chi connectivity index (χ1n) is 13.7. The summed E-state index contributed by atoms with van der Waals surface area (Å²) in [6.45, 7) is 15.7. The maximum atomic E-state index is 12.7. The smallest absolute Gasteiger partial charge is 0.338 e. The summed E-state index contributed by atoms with van der Waals surface area (Å²) in [4.78, 5) is 22.6. The number of aryl methyl sites for hydroxylation is 2. The molecular weight excluding hydrogens is 538 g/mol. The number of allylic oxidation sites excluding steroid dienone is 1. The summed E-state index contributed by atoms with van der Waals surface area (Å²) < 4.78 is 31.9. The van der Waals surface area contributed by atoms with Crippen LogP contribution in [-0.2, 0) is 29.3 Å². The van der Waals surface area contributed by atoms with Crippen molar-refractivity contribution in [2.24, 2.45) is 11.4 Å². The summed E-state index contributed by atoms with van der Waals surface area (Å²) in [5, 5.41) is 0.951. The van der Waals surface area contributed by atoms with E-state index in [0.717, 1.165) is 35.1 Å². The number of benzene rings is 1. The molecule has 0 fully saturated rings. The van der Waals surface area contributed by atoms with Gasteiger partial charge in [-0.2, -0.15) is 4.40 Å². The maximum absolute atomic E-state index is 12.7. The normalized spacial score (nSPS) is 13.2. The molecule has 0 N–H and O–H groups in total. The zero-order chi connectivity index (χ0) is 30.1. The van der Waals surface area contributed by atoms with Gasteiger partial charge in [-0.3, -0.25) is 0 Å². The number of unbranched alkanes of at least 4 members (excludes halogenated alkanes) is 1. The van der Waals surface area contributed by atoms with E-state index in [-0.39, 0.29) is 6.10 Å². The molecular formula is C31H39N5O4S. The molecule has 1 aromatic carbocycles. The minimum atomic E-state index is -1.39. The number of esters is 1. The number of hydrogen-bond donors (Lipinski definition) is 0. The molecule has 3 heterocycles. The first-order valence-corrected chi connectivity index (χ1v) is 14.8. The van der Waals surface area contributed by atoms with E-state index in [1.807, 2.05) is 71.4 Å². The molecule has 1 unspecified atom stereocenters. The summed E-state index contributed by atoms with van der Waals surface area (Å²) in [5.74, 6) is 0.824. The van der Waals surface area contributed by atoms with Crippen LogP contribution in [0.5, 0.6) is 5.75 Å². The van der Waals surface area contributed by atoms with E-state index in [9.17, 15) is 9.00 Å². The van der Waals surface area contributed by atoms with Gasteiger partial charge in [-0.05, 0) is 84.7 Å². The fraction of sp³-hybridized carbons (Fsp3) is 0.419. The molecule has 0 aliphatic carbocycles. The summed E-state index contributed by atoms with van der Waals surface area (Å²) in [6, 6.07) is 9.41. The van der Waals surface area contributed by atoms with Crippen LogP contribution in [-0.4, -0.2) is 53.0 Å². The van der Waals surface area contributed by atoms with Crippen molar-refractivity contribution in [3.05, 3.63) is 54.2 Å². The molecule has 4 aromatic rings. The highest BCUT2D eigenvalue weighted by molar-refractivity contribution is 7.85. The number of nitrogens with zero attached hydrogens (tertiary/aromatic N) is 5. The first kappa shape index (κ1) is 30.2. The van der Waals surface area contributed by atoms with Crippen LogP contribution >= 0.6 is 0 Å². The second kappa shape index (κ2) is 12.0. The van der Waals surface area contributed by atoms with Gasteiger partial charge in [0.05, 0.1) is 46.1 Å². The lowest BCUT2D eigenvalue weighted by molar-refractivity contribution is 0.0377. The number of ether oxygens (including phenoxy) is 2. The van der Waals surface area contributed by atoms with Crippen LogP contribution in [0.2, 0.25) is 0 Å². The minimum Gasteiger partial charge on any atom is -0.494 e. The number of aromatic nitrogens is 4. The second-order valence-electron chi connectivity index (χ2n) is 11.3. The van der Waals surface area contributed by atoms with Crippen molar-refractivity contribution in [2.45, 2.75) is 71.8 Å². The SMILES string of the molecule is C=CCCCn1c(-c2nc3cc(C(=O)OC(C)C)cc(OC)c3n2C)cc2ccc(C(C)=NS(=O)C(C)(C)C)nc21. The van der Waals surface area contributed by atoms with Crippen molar-refractivity contribution >= 4 is 44.7 Å². The van der Waals surface area contributed by atoms with E-state index in [4.69, 9.17) is 19.4 Å². The third-order valence-corrected chi connectivity index (χ3v) is 8.10. The number of pyridine rings is 1. The molecule has 0 amide bonds. The summed E-state index contributed by atoms with van der Waals surface area (Å²) in [5.41, 5.74) is 4.74. The lowest BCUT2D eigenvalue weighted by Crippen LogP contribution is -2.20. The Kier molecular flexibility index (Phi) is 8.82. The predicted octanol–water partition coefficient (Wildman–Crippen LogP) is 6.40. The minimum absolute atomic E-state index is 0.241. The zero-order valence-corrected chi connectivity index (χ0v) is 26.0. The van der Waals surface area contributed by atoms with E-state index >= 15 is 0 Å². The Morgan fingerprint density at radius 3 is 2.56 bits per heavy atom. The first-order chi connectivity index (χ1) is 19.3. The van der Waals surface area contributed by atoms with E-state index in [2.05, 4.69) is 21.6 Å². The van der Waals surface area contributed by atoms with Gasteiger partial charge in [0.1, 0.15) is 27.9 Å². The number of methoxy groups -OCH3 is 1. The molecule has 10 heteroatoms. The number of fused-ring (bicyclic) bond motifs is 2. The van der Waals surface area contributed by atoms with Crippen LogP contribution in [0.15, 0.2) is 47.4 Å². The highest BCUT2D eigenvalue weighted by Crippen LogP contribution is 2.34. The maximum Gasteiger partial charge on any atom is 0.338 e. The van der Waals surface area contributed by atoms with Crippen LogP contribution in [0.4, 0.5) is 0 Å². The van der Waals surface area contributed by atoms with Crippen LogP contribution in [0.3, 0.4) is 0 Å². The molecule has 0 saturated carbocycles. The van der Waals surface area contributed by atoms with Crippen molar-refractivity contribution in [3.8, 4) is 17.3 Å². The third kappa shape index (κ3) is 6.27. The molecule has 41 heavy (non-hydrogen) atoms. The monoisotopic (exact) mass is 577 g/mol. The largest absolute Gasteiger partial charge is 0.494 e. The molecule has 1 atom stereocenters. The second-order valence-corrected chi connectivity index (χ2v) is 13.2. The number of carbonyl (C=O) groups is 1. The van der Waals surface area contributed by atoms with Gasteiger partial charge in [-0.25, -0.2) is 19.0 Å². The van der Waals surface area contributed by atoms with Gasteiger partial charge in [0, 0.05) is 19.0 Å². The fourth-order valence-electron chi connectivity index (χ4n) is 4.54. The van der Waals surface area contributed by atoms with Crippen LogP contribution in [0.25, 0.3) is 33.6 Å². The van der Waals surface area contributed by atoms with Crippen LogP contribution < -0.4 is 4.74 Å². The molecule has 0 radical (unpaired) electrons. The molecule has 4 rings (SSSR count). The van der Waals surface area contributed by atoms with E-state index in [0.29, 0.717) is 40.6 Å². The summed E-state index contributed by atoms with van der Waals surface area (Å²) in [7, 11) is 2.12. The Hall–Kier alpha value is -3.79. The van der Waals surface area contributed by atoms with Gasteiger partial charge in [-0.15, -0.1) is 6.58 Å². The van der Waals surface area contributed by atoms with Crippen molar-refractivity contribution < 1.29 is 18.5 Å². The Labute approximate surface area is 243 Å². The highest BCUT2D eigenvalue weighted by atomic mass is 32.2. The summed E-state index contributed by atoms with van der Waals surface area (Å²) >= 11 is 0. The number of carbonyl (C=O) groups excluding carboxylic acids is 1. The molecule has 3 aromatic heterocycles. The van der Waals surface area contributed by atoms with Crippen molar-refractivity contribution in [1.29, 1.82) is 0 Å². The van der Waals surface area contributed by atoms with Gasteiger partial charge >= 0.3 is 5.97 Å². The lowest BCUT2D eigenvalue weighted by atomic mass is 10.2. The Morgan fingerprint density at radius 2 is 1.93 bits per heavy atom. The van der Waals surface area contributed by atoms with Crippen molar-refractivity contribution in [3.63, 3.8) is 0 Å². The quantitative estimate of drug-likeness (QED) is 0.0936. The number of hydrogen-bond acceptors (Lipinski definition) is 6. The van der Waals surface area contributed by atoms with Crippen LogP contribution in [0.1, 0.15) is 70.4 Å². The van der Waals surface area contributed by atoms with Gasteiger partial charge in [0.25, 0.3) is 0 Å². The molecule has 218 valence electrons. The average Bonchev–Trinajstić information content (AvgIpc) is 3.44. The molecule has 0 aliphatic rings. The van der Waals surface area contributed by atoms with Gasteiger partial charge < -0.3 is 18.6 Å². The molecule has 0 spiro atoms. The van der Waals surface area contributed by atoms with E-state index in [1.165, 1.54) is 0 Å². The van der Waals surface area contributed by atoms with Crippen molar-refractivity contribution in [1.82, 2.24) is 19.1 Å². The Balaban J connectivity index is 1.89. The third-order valence-electron chi connectivity index (χ3n) is 6.61. The van der Waals surface area contributed by atoms with Gasteiger partial charge in [-0.1, -0.05) is 6.08 Å². The Morgan fingerprint density at radius 1 is 1.20 bits per heavy atom. The summed E-state index contributed by atoms with van der Waals surface area (Å²) in [6.07, 6.45) is 3.38. The number of imidazole rings is 1. The van der Waals surface area contributed by atoms with Crippen LogP contribution in [0, 0.1) is 0 Å². The fourth-order valence-corrected chi connectivity index (χ4v) is 5.15. The van der Waals surface area contributed by atoms with E-state index in [1.54, 1.807) is 19.2 Å². The van der Waals surface area contributed by atoms with E-state index < -0.39 is 21.7 Å². The Bertz CT molecular complexity index is 1670. The van der Waals surface area contributed by atoms with Gasteiger partial charge in [0.2, 0.25) is 0 Å². The molecule has 9 nitrogen and oxygen atoms in total. The molecule has 0 bridgehead atoms. The average molecular weight is 578 g/mol. The lowest BCUT2D eigenvalue weighted by Gasteiger charge is -2.14. The van der Waals surface area contributed by atoms with Crippen molar-refractivity contribution in [2.75, 3.05) is 7.11 Å². The predicted molar refractivity (Wildman–Crippen MR) is 166 cm³/mol. The highest BCUT2D eigenvalue weighted by Gasteiger charge is 2.23. The number of rotatable bonds is 10. The molecule has 0 saturated heterocycles.